The van der Waals surface area contributed by atoms with Gasteiger partial charge in [-0.2, -0.15) is 0 Å². The lowest BCUT2D eigenvalue weighted by molar-refractivity contribution is -0.117. The summed E-state index contributed by atoms with van der Waals surface area (Å²) in [6.07, 6.45) is -0.291. The molecule has 0 spiro atoms. The number of thiazole rings is 1. The van der Waals surface area contributed by atoms with E-state index in [0.29, 0.717) is 37.9 Å². The largest absolute Gasteiger partial charge is 0.497 e. The smallest absolute Gasteiger partial charge is 0.409 e. The molecule has 0 atom stereocenters. The number of nitrogens with one attached hydrogen (secondary N) is 1. The summed E-state index contributed by atoms with van der Waals surface area (Å²) in [7, 11) is 1.63. The van der Waals surface area contributed by atoms with Crippen LogP contribution in [0.3, 0.4) is 0 Å². The second-order valence-corrected chi connectivity index (χ2v) is 7.13. The molecule has 3 rings (SSSR count). The Balaban J connectivity index is 1.48. The Bertz CT molecular complexity index is 801. The quantitative estimate of drug-likeness (QED) is 0.797. The highest BCUT2D eigenvalue weighted by atomic mass is 32.1. The first-order valence-electron chi connectivity index (χ1n) is 9.13. The lowest BCUT2D eigenvalue weighted by Crippen LogP contribution is -2.50. The number of carbonyl (C=O) groups is 2. The number of anilines is 1. The van der Waals surface area contributed by atoms with E-state index in [1.54, 1.807) is 18.9 Å². The lowest BCUT2D eigenvalue weighted by atomic mass is 10.2. The maximum atomic E-state index is 12.3. The number of nitrogens with zero attached hydrogens (tertiary/aromatic N) is 3. The molecule has 1 aromatic carbocycles. The summed E-state index contributed by atoms with van der Waals surface area (Å²) < 4.78 is 10.2. The number of benzene rings is 1. The van der Waals surface area contributed by atoms with Gasteiger partial charge in [0, 0.05) is 37.1 Å². The molecule has 1 N–H and O–H groups in total. The molecule has 150 valence electrons. The third-order valence-corrected chi connectivity index (χ3v) is 5.16. The third-order valence-electron chi connectivity index (χ3n) is 4.40. The molecular formula is C19H24N4O4S. The molecule has 2 aromatic rings. The normalized spacial score (nSPS) is 14.6. The van der Waals surface area contributed by atoms with Crippen LogP contribution < -0.4 is 10.1 Å². The average molecular weight is 404 g/mol. The van der Waals surface area contributed by atoms with Gasteiger partial charge >= 0.3 is 6.09 Å². The molecule has 0 radical (unpaired) electrons. The topological polar surface area (TPSA) is 84.0 Å². The van der Waals surface area contributed by atoms with Crippen LogP contribution in [-0.2, 0) is 9.53 Å². The van der Waals surface area contributed by atoms with Crippen LogP contribution in [0.4, 0.5) is 9.93 Å². The van der Waals surface area contributed by atoms with Gasteiger partial charge in [-0.05, 0) is 31.2 Å². The summed E-state index contributed by atoms with van der Waals surface area (Å²) in [5.41, 5.74) is 1.78. The van der Waals surface area contributed by atoms with Crippen molar-refractivity contribution in [2.75, 3.05) is 51.8 Å². The van der Waals surface area contributed by atoms with Gasteiger partial charge in [0.25, 0.3) is 0 Å². The van der Waals surface area contributed by atoms with Crippen molar-refractivity contribution < 1.29 is 19.1 Å². The Kier molecular flexibility index (Phi) is 6.83. The number of hydrogen-bond acceptors (Lipinski definition) is 7. The van der Waals surface area contributed by atoms with Gasteiger partial charge in [-0.25, -0.2) is 9.78 Å². The first-order chi connectivity index (χ1) is 13.6. The minimum absolute atomic E-state index is 0.111. The highest BCUT2D eigenvalue weighted by molar-refractivity contribution is 7.14. The van der Waals surface area contributed by atoms with Crippen molar-refractivity contribution in [1.82, 2.24) is 14.8 Å². The summed E-state index contributed by atoms with van der Waals surface area (Å²) in [5, 5.41) is 5.34. The summed E-state index contributed by atoms with van der Waals surface area (Å²) in [5.74, 6) is 0.677. The van der Waals surface area contributed by atoms with E-state index in [0.717, 1.165) is 17.0 Å². The molecular weight excluding hydrogens is 380 g/mol. The van der Waals surface area contributed by atoms with E-state index in [1.165, 1.54) is 11.3 Å². The summed E-state index contributed by atoms with van der Waals surface area (Å²) >= 11 is 1.39. The minimum atomic E-state index is -0.291. The number of aromatic nitrogens is 1. The predicted molar refractivity (Wildman–Crippen MR) is 108 cm³/mol. The van der Waals surface area contributed by atoms with Gasteiger partial charge in [0.15, 0.2) is 5.13 Å². The Morgan fingerprint density at radius 2 is 1.89 bits per heavy atom. The molecule has 0 unspecified atom stereocenters. The van der Waals surface area contributed by atoms with Crippen LogP contribution in [0.1, 0.15) is 6.92 Å². The van der Waals surface area contributed by atoms with E-state index in [9.17, 15) is 9.59 Å². The Morgan fingerprint density at radius 3 is 2.54 bits per heavy atom. The van der Waals surface area contributed by atoms with Crippen LogP contribution >= 0.6 is 11.3 Å². The van der Waals surface area contributed by atoms with E-state index in [1.807, 2.05) is 34.5 Å². The molecule has 2 heterocycles. The van der Waals surface area contributed by atoms with Gasteiger partial charge in [0.05, 0.1) is 26.0 Å². The van der Waals surface area contributed by atoms with Gasteiger partial charge in [-0.3, -0.25) is 9.69 Å². The SMILES string of the molecule is CCOC(=O)N1CCN(CC(=O)Nc2nc(-c3ccc(OC)cc3)cs2)CC1. The zero-order valence-corrected chi connectivity index (χ0v) is 16.8. The van der Waals surface area contributed by atoms with E-state index in [-0.39, 0.29) is 18.5 Å². The van der Waals surface area contributed by atoms with Gasteiger partial charge in [0.1, 0.15) is 5.75 Å². The molecule has 1 fully saturated rings. The second-order valence-electron chi connectivity index (χ2n) is 6.28. The second kappa shape index (κ2) is 9.52. The Labute approximate surface area is 168 Å². The van der Waals surface area contributed by atoms with Crippen molar-refractivity contribution in [2.45, 2.75) is 6.92 Å². The zero-order valence-electron chi connectivity index (χ0n) is 16.0. The van der Waals surface area contributed by atoms with Crippen molar-refractivity contribution >= 4 is 28.5 Å². The number of carbonyl (C=O) groups excluding carboxylic acids is 2. The standard InChI is InChI=1S/C19H24N4O4S/c1-3-27-19(25)23-10-8-22(9-11-23)12-17(24)21-18-20-16(13-28-18)14-4-6-15(26-2)7-5-14/h4-7,13H,3,8-12H2,1-2H3,(H,20,21,24). The fourth-order valence-corrected chi connectivity index (χ4v) is 3.63. The van der Waals surface area contributed by atoms with Crippen molar-refractivity contribution in [1.29, 1.82) is 0 Å². The maximum Gasteiger partial charge on any atom is 0.409 e. The summed E-state index contributed by atoms with van der Waals surface area (Å²) in [6, 6.07) is 7.62. The fourth-order valence-electron chi connectivity index (χ4n) is 2.89. The fraction of sp³-hybridized carbons (Fsp3) is 0.421. The predicted octanol–water partition coefficient (Wildman–Crippen LogP) is 2.53. The molecule has 0 saturated carbocycles. The van der Waals surface area contributed by atoms with Crippen molar-refractivity contribution in [3.8, 4) is 17.0 Å². The molecule has 28 heavy (non-hydrogen) atoms. The number of rotatable bonds is 6. The van der Waals surface area contributed by atoms with Gasteiger partial charge < -0.3 is 19.7 Å². The molecule has 2 amide bonds. The summed E-state index contributed by atoms with van der Waals surface area (Å²) in [6.45, 7) is 4.83. The molecule has 0 aliphatic carbocycles. The van der Waals surface area contributed by atoms with Gasteiger partial charge in [-0.1, -0.05) is 0 Å². The van der Waals surface area contributed by atoms with E-state index in [2.05, 4.69) is 10.3 Å². The number of piperazine rings is 1. The molecule has 0 bridgehead atoms. The molecule has 9 heteroatoms. The van der Waals surface area contributed by atoms with Crippen LogP contribution in [0.5, 0.6) is 5.75 Å². The molecule has 1 saturated heterocycles. The highest BCUT2D eigenvalue weighted by Crippen LogP contribution is 2.26. The Hall–Kier alpha value is -2.65. The minimum Gasteiger partial charge on any atom is -0.497 e. The average Bonchev–Trinajstić information content (AvgIpc) is 3.17. The first kappa shape index (κ1) is 20.1. The van der Waals surface area contributed by atoms with Gasteiger partial charge in [0.2, 0.25) is 5.91 Å². The maximum absolute atomic E-state index is 12.3. The molecule has 1 aromatic heterocycles. The van der Waals surface area contributed by atoms with Crippen molar-refractivity contribution in [3.05, 3.63) is 29.6 Å². The first-order valence-corrected chi connectivity index (χ1v) is 10.0. The Morgan fingerprint density at radius 1 is 1.18 bits per heavy atom. The zero-order chi connectivity index (χ0) is 19.9. The molecule has 8 nitrogen and oxygen atoms in total. The summed E-state index contributed by atoms with van der Waals surface area (Å²) in [4.78, 5) is 32.2. The van der Waals surface area contributed by atoms with E-state index in [4.69, 9.17) is 9.47 Å². The van der Waals surface area contributed by atoms with E-state index >= 15 is 0 Å². The van der Waals surface area contributed by atoms with Crippen LogP contribution in [0.15, 0.2) is 29.6 Å². The van der Waals surface area contributed by atoms with E-state index < -0.39 is 0 Å². The molecule has 1 aliphatic rings. The lowest BCUT2D eigenvalue weighted by Gasteiger charge is -2.33. The molecule has 1 aliphatic heterocycles. The van der Waals surface area contributed by atoms with Crippen molar-refractivity contribution in [2.24, 2.45) is 0 Å². The number of ether oxygens (including phenoxy) is 2. The van der Waals surface area contributed by atoms with Gasteiger partial charge in [-0.15, -0.1) is 11.3 Å². The highest BCUT2D eigenvalue weighted by Gasteiger charge is 2.23. The van der Waals surface area contributed by atoms with Crippen LogP contribution in [0, 0.1) is 0 Å². The number of hydrogen-bond donors (Lipinski definition) is 1. The monoisotopic (exact) mass is 404 g/mol. The van der Waals surface area contributed by atoms with Crippen LogP contribution in [0.25, 0.3) is 11.3 Å². The van der Waals surface area contributed by atoms with Crippen molar-refractivity contribution in [3.63, 3.8) is 0 Å². The number of amides is 2. The van der Waals surface area contributed by atoms with Crippen LogP contribution in [0.2, 0.25) is 0 Å². The number of methoxy groups -OCH3 is 1. The third kappa shape index (κ3) is 5.20. The van der Waals surface area contributed by atoms with Crippen LogP contribution in [-0.4, -0.2) is 73.2 Å².